The Labute approximate surface area is 250 Å². The van der Waals surface area contributed by atoms with Crippen molar-refractivity contribution in [2.75, 3.05) is 19.6 Å². The van der Waals surface area contributed by atoms with Gasteiger partial charge in [0.15, 0.2) is 11.2 Å². The lowest BCUT2D eigenvalue weighted by molar-refractivity contribution is -0.134. The molecule has 0 saturated carbocycles. The third-order valence-electron chi connectivity index (χ3n) is 8.58. The van der Waals surface area contributed by atoms with Gasteiger partial charge in [0.05, 0.1) is 5.39 Å². The SMILES string of the molecule is O=C(N[C@@H](Cc1ccccc1)C(=O)N1CCC(c2ccccc2CN2CCCC2=O)CC1)c1cc(=O)c2ccccc2o1. The molecule has 3 amide bonds. The summed E-state index contributed by atoms with van der Waals surface area (Å²) in [6.45, 7) is 2.56. The molecule has 1 aromatic heterocycles. The van der Waals surface area contributed by atoms with E-state index in [4.69, 9.17) is 4.42 Å². The van der Waals surface area contributed by atoms with Gasteiger partial charge in [0.25, 0.3) is 5.91 Å². The highest BCUT2D eigenvalue weighted by Crippen LogP contribution is 2.32. The summed E-state index contributed by atoms with van der Waals surface area (Å²) >= 11 is 0. The Hall–Kier alpha value is -4.72. The molecule has 2 saturated heterocycles. The second-order valence-electron chi connectivity index (χ2n) is 11.4. The van der Waals surface area contributed by atoms with E-state index in [9.17, 15) is 19.2 Å². The Balaban J connectivity index is 1.17. The highest BCUT2D eigenvalue weighted by molar-refractivity contribution is 5.96. The maximum absolute atomic E-state index is 13.9. The van der Waals surface area contributed by atoms with Crippen molar-refractivity contribution in [3.05, 3.63) is 118 Å². The first-order valence-electron chi connectivity index (χ1n) is 15.0. The number of rotatable bonds is 8. The van der Waals surface area contributed by atoms with Gasteiger partial charge in [-0.2, -0.15) is 0 Å². The summed E-state index contributed by atoms with van der Waals surface area (Å²) < 4.78 is 5.75. The van der Waals surface area contributed by atoms with Gasteiger partial charge in [0, 0.05) is 45.1 Å². The van der Waals surface area contributed by atoms with E-state index in [1.54, 1.807) is 24.3 Å². The zero-order valence-corrected chi connectivity index (χ0v) is 24.0. The molecule has 0 spiro atoms. The van der Waals surface area contributed by atoms with Gasteiger partial charge in [-0.1, -0.05) is 66.7 Å². The molecule has 1 N–H and O–H groups in total. The number of nitrogens with zero attached hydrogens (tertiary/aromatic N) is 2. The van der Waals surface area contributed by atoms with Crippen molar-refractivity contribution in [1.82, 2.24) is 15.1 Å². The number of piperidine rings is 1. The molecule has 8 heteroatoms. The topological polar surface area (TPSA) is 99.9 Å². The van der Waals surface area contributed by atoms with Crippen LogP contribution in [0.25, 0.3) is 11.0 Å². The van der Waals surface area contributed by atoms with Crippen molar-refractivity contribution in [2.45, 2.75) is 50.6 Å². The first-order chi connectivity index (χ1) is 21.0. The third kappa shape index (κ3) is 6.38. The van der Waals surface area contributed by atoms with Crippen molar-refractivity contribution in [3.63, 3.8) is 0 Å². The van der Waals surface area contributed by atoms with E-state index in [-0.39, 0.29) is 28.9 Å². The van der Waals surface area contributed by atoms with Crippen molar-refractivity contribution in [2.24, 2.45) is 0 Å². The maximum atomic E-state index is 13.9. The summed E-state index contributed by atoms with van der Waals surface area (Å²) in [7, 11) is 0. The second kappa shape index (κ2) is 12.7. The molecule has 2 fully saturated rings. The van der Waals surface area contributed by atoms with Gasteiger partial charge in [-0.25, -0.2) is 0 Å². The molecule has 3 aromatic carbocycles. The van der Waals surface area contributed by atoms with Crippen LogP contribution in [0.3, 0.4) is 0 Å². The zero-order valence-electron chi connectivity index (χ0n) is 24.0. The molecule has 43 heavy (non-hydrogen) atoms. The Morgan fingerprint density at radius 2 is 1.60 bits per heavy atom. The molecule has 0 aliphatic carbocycles. The largest absolute Gasteiger partial charge is 0.451 e. The predicted octanol–water partition coefficient (Wildman–Crippen LogP) is 4.66. The number of hydrogen-bond donors (Lipinski definition) is 1. The van der Waals surface area contributed by atoms with Gasteiger partial charge in [-0.3, -0.25) is 19.2 Å². The summed E-state index contributed by atoms with van der Waals surface area (Å²) in [6.07, 6.45) is 3.44. The maximum Gasteiger partial charge on any atom is 0.287 e. The fourth-order valence-electron chi connectivity index (χ4n) is 6.28. The molecule has 8 nitrogen and oxygen atoms in total. The van der Waals surface area contributed by atoms with Crippen molar-refractivity contribution >= 4 is 28.7 Å². The molecular formula is C35H35N3O5. The van der Waals surface area contributed by atoms with Crippen LogP contribution in [0.1, 0.15) is 58.8 Å². The van der Waals surface area contributed by atoms with Gasteiger partial charge in [0.1, 0.15) is 11.6 Å². The predicted molar refractivity (Wildman–Crippen MR) is 164 cm³/mol. The number of carbonyl (C=O) groups is 3. The number of hydrogen-bond acceptors (Lipinski definition) is 5. The summed E-state index contributed by atoms with van der Waals surface area (Å²) in [4.78, 5) is 55.9. The number of para-hydroxylation sites is 1. The first kappa shape index (κ1) is 28.4. The number of benzene rings is 3. The van der Waals surface area contributed by atoms with Crippen molar-refractivity contribution in [1.29, 1.82) is 0 Å². The lowest BCUT2D eigenvalue weighted by atomic mass is 9.86. The number of fused-ring (bicyclic) bond motifs is 1. The van der Waals surface area contributed by atoms with Crippen molar-refractivity contribution in [3.8, 4) is 0 Å². The Morgan fingerprint density at radius 3 is 2.37 bits per heavy atom. The number of likely N-dealkylation sites (tertiary alicyclic amines) is 2. The van der Waals surface area contributed by atoms with Crippen molar-refractivity contribution < 1.29 is 18.8 Å². The van der Waals surface area contributed by atoms with Gasteiger partial charge in [0.2, 0.25) is 11.8 Å². The van der Waals surface area contributed by atoms with Crippen LogP contribution in [0.5, 0.6) is 0 Å². The van der Waals surface area contributed by atoms with E-state index in [0.717, 1.165) is 31.4 Å². The number of carbonyl (C=O) groups excluding carboxylic acids is 3. The standard InChI is InChI=1S/C35H35N3O5/c39-30-22-32(43-31-14-7-6-13-28(30)31)34(41)36-29(21-24-9-2-1-3-10-24)35(42)37-19-16-25(17-20-37)27-12-5-4-11-26(27)23-38-18-8-15-33(38)40/h1-7,9-14,22,25,29H,8,15-21,23H2,(H,36,41)/t29-/m0/s1. The highest BCUT2D eigenvalue weighted by Gasteiger charge is 2.32. The summed E-state index contributed by atoms with van der Waals surface area (Å²) in [6, 6.07) is 25.0. The monoisotopic (exact) mass is 577 g/mol. The van der Waals surface area contributed by atoms with E-state index in [0.29, 0.717) is 43.4 Å². The first-order valence-corrected chi connectivity index (χ1v) is 15.0. The van der Waals surface area contributed by atoms with E-state index in [1.807, 2.05) is 52.3 Å². The fraction of sp³-hybridized carbons (Fsp3) is 0.314. The van der Waals surface area contributed by atoms with Gasteiger partial charge < -0.3 is 19.5 Å². The van der Waals surface area contributed by atoms with E-state index in [2.05, 4.69) is 17.4 Å². The Bertz CT molecular complexity index is 1690. The van der Waals surface area contributed by atoms with E-state index >= 15 is 0 Å². The smallest absolute Gasteiger partial charge is 0.287 e. The third-order valence-corrected chi connectivity index (χ3v) is 8.58. The molecule has 2 aliphatic rings. The quantitative estimate of drug-likeness (QED) is 0.328. The fourth-order valence-corrected chi connectivity index (χ4v) is 6.28. The normalized spacial score (nSPS) is 16.4. The minimum absolute atomic E-state index is 0.124. The van der Waals surface area contributed by atoms with Gasteiger partial charge >= 0.3 is 0 Å². The average Bonchev–Trinajstić information content (AvgIpc) is 3.45. The van der Waals surface area contributed by atoms with Gasteiger partial charge in [-0.05, 0) is 54.0 Å². The zero-order chi connectivity index (χ0) is 29.8. The van der Waals surface area contributed by atoms with E-state index in [1.165, 1.54) is 17.2 Å². The molecule has 4 aromatic rings. The van der Waals surface area contributed by atoms with Crippen LogP contribution in [-0.2, 0) is 22.6 Å². The Kier molecular flexibility index (Phi) is 8.36. The lowest BCUT2D eigenvalue weighted by Crippen LogP contribution is -2.51. The van der Waals surface area contributed by atoms with Gasteiger partial charge in [-0.15, -0.1) is 0 Å². The molecule has 0 unspecified atom stereocenters. The summed E-state index contributed by atoms with van der Waals surface area (Å²) in [5.41, 5.74) is 3.35. The van der Waals surface area contributed by atoms with Crippen LogP contribution in [0.2, 0.25) is 0 Å². The summed E-state index contributed by atoms with van der Waals surface area (Å²) in [5.74, 6) is -0.384. The van der Waals surface area contributed by atoms with Crippen LogP contribution in [-0.4, -0.2) is 53.2 Å². The molecule has 220 valence electrons. The van der Waals surface area contributed by atoms with Crippen LogP contribution in [0.15, 0.2) is 94.1 Å². The number of amides is 3. The van der Waals surface area contributed by atoms with E-state index < -0.39 is 11.9 Å². The van der Waals surface area contributed by atoms with Crippen LogP contribution < -0.4 is 10.7 Å². The molecule has 1 atom stereocenters. The minimum atomic E-state index is -0.823. The minimum Gasteiger partial charge on any atom is -0.451 e. The summed E-state index contributed by atoms with van der Waals surface area (Å²) in [5, 5.41) is 3.26. The molecule has 3 heterocycles. The lowest BCUT2D eigenvalue weighted by Gasteiger charge is -2.35. The second-order valence-corrected chi connectivity index (χ2v) is 11.4. The number of nitrogens with one attached hydrogen (secondary N) is 1. The van der Waals surface area contributed by atoms with Crippen LogP contribution >= 0.6 is 0 Å². The highest BCUT2D eigenvalue weighted by atomic mass is 16.3. The molecular weight excluding hydrogens is 542 g/mol. The molecule has 0 radical (unpaired) electrons. The van der Waals surface area contributed by atoms with Crippen LogP contribution in [0.4, 0.5) is 0 Å². The molecule has 2 aliphatic heterocycles. The van der Waals surface area contributed by atoms with Crippen LogP contribution in [0, 0.1) is 0 Å². The average molecular weight is 578 g/mol. The molecule has 6 rings (SSSR count). The molecule has 0 bridgehead atoms. The Morgan fingerprint density at radius 1 is 0.884 bits per heavy atom.